The minimum Gasteiger partial charge on any atom is -0.462 e. The van der Waals surface area contributed by atoms with E-state index in [0.29, 0.717) is 19.3 Å². The van der Waals surface area contributed by atoms with Crippen molar-refractivity contribution in [3.05, 3.63) is 109 Å². The molecule has 1 atom stereocenters. The first-order valence-electron chi connectivity index (χ1n) is 31.4. The minimum absolute atomic E-state index is 0.0956. The quantitative estimate of drug-likeness (QED) is 0.0261. The summed E-state index contributed by atoms with van der Waals surface area (Å²) in [5.74, 6) is -0.930. The first-order valence-corrected chi connectivity index (χ1v) is 31.4. The highest BCUT2D eigenvalue weighted by Gasteiger charge is 2.19. The molecule has 0 heterocycles. The van der Waals surface area contributed by atoms with Gasteiger partial charge in [-0.1, -0.05) is 252 Å². The number of hydrogen-bond donors (Lipinski definition) is 0. The summed E-state index contributed by atoms with van der Waals surface area (Å²) < 4.78 is 16.9. The van der Waals surface area contributed by atoms with Crippen LogP contribution in [0.4, 0.5) is 0 Å². The monoisotopic (exact) mass is 1040 g/mol. The van der Waals surface area contributed by atoms with Crippen LogP contribution >= 0.6 is 0 Å². The van der Waals surface area contributed by atoms with Gasteiger partial charge in [0.05, 0.1) is 0 Å². The molecule has 0 aromatic rings. The van der Waals surface area contributed by atoms with Crippen molar-refractivity contribution in [1.29, 1.82) is 0 Å². The van der Waals surface area contributed by atoms with E-state index in [1.54, 1.807) is 0 Å². The van der Waals surface area contributed by atoms with Crippen molar-refractivity contribution in [2.75, 3.05) is 13.2 Å². The summed E-state index contributed by atoms with van der Waals surface area (Å²) in [4.78, 5) is 38.3. The first kappa shape index (κ1) is 71.1. The highest BCUT2D eigenvalue weighted by molar-refractivity contribution is 5.71. The molecule has 0 aliphatic carbocycles. The molecule has 0 fully saturated rings. The molecule has 0 saturated carbocycles. The zero-order chi connectivity index (χ0) is 54.3. The number of esters is 3. The Hall–Kier alpha value is -3.93. The molecule has 428 valence electrons. The van der Waals surface area contributed by atoms with Gasteiger partial charge in [-0.3, -0.25) is 14.4 Å². The lowest BCUT2D eigenvalue weighted by Gasteiger charge is -2.18. The van der Waals surface area contributed by atoms with Crippen LogP contribution in [0.25, 0.3) is 0 Å². The molecular weight excluding hydrogens is 925 g/mol. The maximum absolute atomic E-state index is 12.9. The fourth-order valence-corrected chi connectivity index (χ4v) is 8.53. The Bertz CT molecular complexity index is 1520. The molecule has 0 amide bonds. The van der Waals surface area contributed by atoms with Crippen LogP contribution in [0.2, 0.25) is 0 Å². The number of ether oxygens (including phenoxy) is 3. The normalized spacial score (nSPS) is 12.8. The fraction of sp³-hybridized carbons (Fsp3) is 0.696. The lowest BCUT2D eigenvalue weighted by molar-refractivity contribution is -0.167. The Morgan fingerprint density at radius 2 is 0.520 bits per heavy atom. The van der Waals surface area contributed by atoms with Gasteiger partial charge in [0.15, 0.2) is 6.10 Å². The number of rotatable bonds is 56. The van der Waals surface area contributed by atoms with Crippen molar-refractivity contribution in [2.24, 2.45) is 0 Å². The van der Waals surface area contributed by atoms with Crippen molar-refractivity contribution in [2.45, 2.75) is 297 Å². The number of carbonyl (C=O) groups is 3. The maximum Gasteiger partial charge on any atom is 0.306 e. The smallest absolute Gasteiger partial charge is 0.306 e. The molecule has 0 aromatic carbocycles. The summed E-state index contributed by atoms with van der Waals surface area (Å²) in [7, 11) is 0. The van der Waals surface area contributed by atoms with E-state index >= 15 is 0 Å². The average molecular weight is 1040 g/mol. The van der Waals surface area contributed by atoms with E-state index in [1.807, 2.05) is 0 Å². The maximum atomic E-state index is 12.9. The lowest BCUT2D eigenvalue weighted by atomic mass is 10.1. The molecule has 75 heavy (non-hydrogen) atoms. The Kier molecular flexibility index (Phi) is 59.3. The van der Waals surface area contributed by atoms with Crippen LogP contribution in [0.1, 0.15) is 290 Å². The SMILES string of the molecule is CC/C=C\C/C=C\C/C=C\C/C=C\CCCCCCC(=O)OCC(COC(=O)CCCCCCCC/C=C\C/C=C\C/C=C\CCCCCCC)OC(=O)CCCCCCCCCCC/C=C\C/C=C\CCCCC. The van der Waals surface area contributed by atoms with Crippen LogP contribution < -0.4 is 0 Å². The number of allylic oxidation sites excluding steroid dienone is 18. The van der Waals surface area contributed by atoms with Crippen molar-refractivity contribution in [1.82, 2.24) is 0 Å². The van der Waals surface area contributed by atoms with Gasteiger partial charge in [0.25, 0.3) is 0 Å². The fourth-order valence-electron chi connectivity index (χ4n) is 8.53. The predicted molar refractivity (Wildman–Crippen MR) is 325 cm³/mol. The van der Waals surface area contributed by atoms with Crippen LogP contribution in [0.3, 0.4) is 0 Å². The summed E-state index contributed by atoms with van der Waals surface area (Å²) in [6.07, 6.45) is 85.1. The van der Waals surface area contributed by atoms with Crippen molar-refractivity contribution < 1.29 is 28.6 Å². The second-order valence-corrected chi connectivity index (χ2v) is 20.6. The Morgan fingerprint density at radius 1 is 0.280 bits per heavy atom. The molecule has 6 heteroatoms. The molecule has 6 nitrogen and oxygen atoms in total. The van der Waals surface area contributed by atoms with Crippen molar-refractivity contribution in [3.8, 4) is 0 Å². The molecule has 0 aliphatic rings. The van der Waals surface area contributed by atoms with Gasteiger partial charge in [-0.05, 0) is 128 Å². The Balaban J connectivity index is 4.46. The van der Waals surface area contributed by atoms with E-state index in [-0.39, 0.29) is 31.1 Å². The molecule has 0 bridgehead atoms. The summed E-state index contributed by atoms with van der Waals surface area (Å²) in [6, 6.07) is 0. The number of carbonyl (C=O) groups excluding carboxylic acids is 3. The van der Waals surface area contributed by atoms with E-state index < -0.39 is 6.10 Å². The zero-order valence-electron chi connectivity index (χ0n) is 49.0. The first-order chi connectivity index (χ1) is 37.0. The molecule has 0 spiro atoms. The van der Waals surface area contributed by atoms with E-state index in [1.165, 1.54) is 128 Å². The average Bonchev–Trinajstić information content (AvgIpc) is 3.41. The van der Waals surface area contributed by atoms with Gasteiger partial charge in [-0.15, -0.1) is 0 Å². The largest absolute Gasteiger partial charge is 0.462 e. The third-order valence-corrected chi connectivity index (χ3v) is 13.2. The standard InChI is InChI=1S/C69H116O6/c1-4-7-10-13-16-19-22-25-28-31-33-34-36-38-41-44-47-50-53-56-59-62-68(71)74-65-66(64-73-67(70)61-58-55-52-49-46-43-40-37-30-27-24-21-18-15-12-9-6-3)75-69(72)63-60-57-54-51-48-45-42-39-35-32-29-26-23-20-17-14-11-8-5-2/h9,12,17-18,20-22,25-27,29-31,33,36,38,40,43,66H,4-8,10-11,13-16,19,23-24,28,32,34-35,37,39,41-42,44-65H2,1-3H3/b12-9-,20-17-,21-18-,25-22-,29-26-,30-27-,33-31-,38-36-,43-40-. The van der Waals surface area contributed by atoms with Crippen LogP contribution in [0.15, 0.2) is 109 Å². The highest BCUT2D eigenvalue weighted by atomic mass is 16.6. The van der Waals surface area contributed by atoms with E-state index in [0.717, 1.165) is 122 Å². The zero-order valence-corrected chi connectivity index (χ0v) is 49.0. The van der Waals surface area contributed by atoms with Gasteiger partial charge in [0.1, 0.15) is 13.2 Å². The van der Waals surface area contributed by atoms with Gasteiger partial charge < -0.3 is 14.2 Å². The molecular formula is C69H116O6. The number of unbranched alkanes of at least 4 members (excludes halogenated alkanes) is 27. The van der Waals surface area contributed by atoms with Crippen molar-refractivity contribution >= 4 is 17.9 Å². The third-order valence-electron chi connectivity index (χ3n) is 13.2. The van der Waals surface area contributed by atoms with Gasteiger partial charge in [0.2, 0.25) is 0 Å². The van der Waals surface area contributed by atoms with Gasteiger partial charge in [-0.2, -0.15) is 0 Å². The molecule has 0 aliphatic heterocycles. The Morgan fingerprint density at radius 3 is 0.840 bits per heavy atom. The second-order valence-electron chi connectivity index (χ2n) is 20.6. The van der Waals surface area contributed by atoms with Crippen LogP contribution in [-0.2, 0) is 28.6 Å². The Labute approximate surface area is 463 Å². The molecule has 0 radical (unpaired) electrons. The van der Waals surface area contributed by atoms with Crippen LogP contribution in [0.5, 0.6) is 0 Å². The van der Waals surface area contributed by atoms with Crippen LogP contribution in [-0.4, -0.2) is 37.2 Å². The van der Waals surface area contributed by atoms with Crippen LogP contribution in [0, 0.1) is 0 Å². The second kappa shape index (κ2) is 62.6. The van der Waals surface area contributed by atoms with E-state index in [4.69, 9.17) is 14.2 Å². The molecule has 0 N–H and O–H groups in total. The van der Waals surface area contributed by atoms with Gasteiger partial charge >= 0.3 is 17.9 Å². The summed E-state index contributed by atoms with van der Waals surface area (Å²) in [5, 5.41) is 0. The third kappa shape index (κ3) is 60.8. The van der Waals surface area contributed by atoms with Gasteiger partial charge in [0, 0.05) is 19.3 Å². The summed E-state index contributed by atoms with van der Waals surface area (Å²) >= 11 is 0. The lowest BCUT2D eigenvalue weighted by Crippen LogP contribution is -2.30. The highest BCUT2D eigenvalue weighted by Crippen LogP contribution is 2.15. The number of hydrogen-bond acceptors (Lipinski definition) is 6. The summed E-state index contributed by atoms with van der Waals surface area (Å²) in [5.41, 5.74) is 0. The minimum atomic E-state index is -0.800. The molecule has 0 aromatic heterocycles. The molecule has 0 rings (SSSR count). The van der Waals surface area contributed by atoms with Crippen molar-refractivity contribution in [3.63, 3.8) is 0 Å². The predicted octanol–water partition coefficient (Wildman–Crippen LogP) is 21.4. The van der Waals surface area contributed by atoms with Gasteiger partial charge in [-0.25, -0.2) is 0 Å². The molecule has 1 unspecified atom stereocenters. The molecule has 0 saturated heterocycles. The van der Waals surface area contributed by atoms with E-state index in [9.17, 15) is 14.4 Å². The van der Waals surface area contributed by atoms with E-state index in [2.05, 4.69) is 130 Å². The topological polar surface area (TPSA) is 78.9 Å². The summed E-state index contributed by atoms with van der Waals surface area (Å²) in [6.45, 7) is 6.47.